The van der Waals surface area contributed by atoms with Gasteiger partial charge in [0.2, 0.25) is 5.88 Å². The van der Waals surface area contributed by atoms with Crippen LogP contribution in [0.2, 0.25) is 5.02 Å². The van der Waals surface area contributed by atoms with Crippen molar-refractivity contribution in [2.24, 2.45) is 0 Å². The summed E-state index contributed by atoms with van der Waals surface area (Å²) in [5, 5.41) is 19.6. The predicted molar refractivity (Wildman–Crippen MR) is 217 cm³/mol. The molecule has 10 heteroatoms. The number of aromatic nitrogens is 5. The SMILES string of the molecule is COc1cccc2nc(O)c(-c3nc4cc(C)ccn4c3NCc3cccc(Cl)c3)cc12.Cc1ccn2c(NC3CCCCC3)c(C(C)(C)C)nc2c1. The van der Waals surface area contributed by atoms with E-state index in [1.54, 1.807) is 7.11 Å². The Balaban J connectivity index is 0.000000179. The van der Waals surface area contributed by atoms with Gasteiger partial charge >= 0.3 is 0 Å². The highest BCUT2D eigenvalue weighted by molar-refractivity contribution is 6.30. The summed E-state index contributed by atoms with van der Waals surface area (Å²) in [6.07, 6.45) is 10.8. The van der Waals surface area contributed by atoms with Crippen LogP contribution in [0.25, 0.3) is 33.5 Å². The van der Waals surface area contributed by atoms with Crippen molar-refractivity contribution >= 4 is 45.4 Å². The highest BCUT2D eigenvalue weighted by atomic mass is 35.5. The van der Waals surface area contributed by atoms with Gasteiger partial charge in [0.05, 0.1) is 23.9 Å². The molecule has 5 aromatic heterocycles. The van der Waals surface area contributed by atoms with Crippen LogP contribution in [0.15, 0.2) is 85.2 Å². The van der Waals surface area contributed by atoms with Crippen molar-refractivity contribution in [3.05, 3.63) is 113 Å². The third-order valence-corrected chi connectivity index (χ3v) is 10.1. The molecule has 7 aromatic rings. The summed E-state index contributed by atoms with van der Waals surface area (Å²) in [5.41, 5.74) is 8.23. The van der Waals surface area contributed by atoms with E-state index >= 15 is 0 Å². The number of pyridine rings is 3. The first kappa shape index (κ1) is 36.1. The number of hydrogen-bond donors (Lipinski definition) is 3. The van der Waals surface area contributed by atoms with Crippen molar-refractivity contribution < 1.29 is 9.84 Å². The zero-order valence-electron chi connectivity index (χ0n) is 31.4. The minimum atomic E-state index is -0.0864. The molecular formula is C43H48ClN7O2. The molecule has 1 fully saturated rings. The van der Waals surface area contributed by atoms with Crippen LogP contribution in [0.4, 0.5) is 11.6 Å². The van der Waals surface area contributed by atoms with Crippen LogP contribution in [0.5, 0.6) is 11.6 Å². The smallest absolute Gasteiger partial charge is 0.221 e. The molecule has 0 amide bonds. The van der Waals surface area contributed by atoms with E-state index < -0.39 is 0 Å². The van der Waals surface area contributed by atoms with Crippen LogP contribution >= 0.6 is 11.6 Å². The fourth-order valence-electron chi connectivity index (χ4n) is 7.09. The first-order valence-corrected chi connectivity index (χ1v) is 18.8. The molecule has 53 heavy (non-hydrogen) atoms. The third-order valence-electron chi connectivity index (χ3n) is 9.84. The summed E-state index contributed by atoms with van der Waals surface area (Å²) >= 11 is 6.15. The number of nitrogens with one attached hydrogen (secondary N) is 2. The molecule has 0 spiro atoms. The van der Waals surface area contributed by atoms with E-state index in [1.165, 1.54) is 49.2 Å². The Labute approximate surface area is 316 Å². The fraction of sp³-hybridized carbons (Fsp3) is 0.326. The average molecular weight is 730 g/mol. The maximum Gasteiger partial charge on any atom is 0.221 e. The summed E-state index contributed by atoms with van der Waals surface area (Å²) in [4.78, 5) is 14.1. The molecule has 9 nitrogen and oxygen atoms in total. The summed E-state index contributed by atoms with van der Waals surface area (Å²) < 4.78 is 9.70. The topological polar surface area (TPSA) is 101 Å². The molecular weight excluding hydrogens is 682 g/mol. The van der Waals surface area contributed by atoms with Crippen molar-refractivity contribution in [2.75, 3.05) is 17.7 Å². The Kier molecular flexibility index (Phi) is 10.2. The summed E-state index contributed by atoms with van der Waals surface area (Å²) in [7, 11) is 1.62. The average Bonchev–Trinajstić information content (AvgIpc) is 3.68. The van der Waals surface area contributed by atoms with Gasteiger partial charge in [-0.05, 0) is 98.0 Å². The second kappa shape index (κ2) is 15.0. The van der Waals surface area contributed by atoms with E-state index in [-0.39, 0.29) is 11.3 Å². The predicted octanol–water partition coefficient (Wildman–Crippen LogP) is 10.5. The van der Waals surface area contributed by atoms with Crippen LogP contribution in [-0.4, -0.2) is 42.0 Å². The van der Waals surface area contributed by atoms with E-state index in [1.807, 2.05) is 78.2 Å². The molecule has 0 aliphatic heterocycles. The van der Waals surface area contributed by atoms with E-state index in [4.69, 9.17) is 26.3 Å². The molecule has 0 unspecified atom stereocenters. The molecule has 0 atom stereocenters. The molecule has 0 saturated heterocycles. The number of imidazole rings is 2. The quantitative estimate of drug-likeness (QED) is 0.150. The molecule has 1 aliphatic rings. The second-order valence-corrected chi connectivity index (χ2v) is 15.5. The first-order chi connectivity index (χ1) is 25.5. The summed E-state index contributed by atoms with van der Waals surface area (Å²) in [5.74, 6) is 2.55. The lowest BCUT2D eigenvalue weighted by molar-refractivity contribution is 0.419. The second-order valence-electron chi connectivity index (χ2n) is 15.1. The number of aryl methyl sites for hydroxylation is 2. The zero-order valence-corrected chi connectivity index (χ0v) is 32.1. The first-order valence-electron chi connectivity index (χ1n) is 18.4. The minimum absolute atomic E-state index is 0.0525. The number of anilines is 2. The van der Waals surface area contributed by atoms with Crippen molar-refractivity contribution in [1.82, 2.24) is 23.8 Å². The van der Waals surface area contributed by atoms with Gasteiger partial charge in [0.1, 0.15) is 34.4 Å². The molecule has 0 radical (unpaired) electrons. The van der Waals surface area contributed by atoms with Crippen molar-refractivity contribution in [3.8, 4) is 22.9 Å². The Morgan fingerprint density at radius 1 is 0.830 bits per heavy atom. The van der Waals surface area contributed by atoms with E-state index in [2.05, 4.69) is 66.0 Å². The number of hydrogen-bond acceptors (Lipinski definition) is 7. The molecule has 274 valence electrons. The van der Waals surface area contributed by atoms with Crippen LogP contribution in [0.3, 0.4) is 0 Å². The maximum atomic E-state index is 10.8. The van der Waals surface area contributed by atoms with Gasteiger partial charge in [0.25, 0.3) is 0 Å². The Bertz CT molecular complexity index is 2400. The largest absolute Gasteiger partial charge is 0.496 e. The number of methoxy groups -OCH3 is 1. The lowest BCUT2D eigenvalue weighted by atomic mass is 9.91. The van der Waals surface area contributed by atoms with Gasteiger partial charge < -0.3 is 20.5 Å². The highest BCUT2D eigenvalue weighted by Crippen LogP contribution is 2.38. The number of fused-ring (bicyclic) bond motifs is 3. The fourth-order valence-corrected chi connectivity index (χ4v) is 7.31. The minimum Gasteiger partial charge on any atom is -0.496 e. The normalized spacial score (nSPS) is 13.6. The van der Waals surface area contributed by atoms with Gasteiger partial charge in [-0.25, -0.2) is 15.0 Å². The Morgan fingerprint density at radius 3 is 2.19 bits per heavy atom. The van der Waals surface area contributed by atoms with Crippen LogP contribution < -0.4 is 15.4 Å². The molecule has 1 saturated carbocycles. The molecule has 3 N–H and O–H groups in total. The van der Waals surface area contributed by atoms with Gasteiger partial charge in [-0.2, -0.15) is 0 Å². The molecule has 8 rings (SSSR count). The Morgan fingerprint density at radius 2 is 1.51 bits per heavy atom. The number of aromatic hydroxyl groups is 1. The van der Waals surface area contributed by atoms with Crippen LogP contribution in [-0.2, 0) is 12.0 Å². The van der Waals surface area contributed by atoms with E-state index in [9.17, 15) is 5.11 Å². The number of benzene rings is 2. The molecule has 0 bridgehead atoms. The van der Waals surface area contributed by atoms with Gasteiger partial charge in [-0.15, -0.1) is 0 Å². The molecule has 5 heterocycles. The van der Waals surface area contributed by atoms with Crippen LogP contribution in [0, 0.1) is 13.8 Å². The zero-order chi connectivity index (χ0) is 37.3. The lowest BCUT2D eigenvalue weighted by Gasteiger charge is -2.26. The van der Waals surface area contributed by atoms with Crippen molar-refractivity contribution in [2.45, 2.75) is 84.7 Å². The maximum absolute atomic E-state index is 10.8. The number of halogens is 1. The van der Waals surface area contributed by atoms with Crippen molar-refractivity contribution in [3.63, 3.8) is 0 Å². The number of nitrogens with zero attached hydrogens (tertiary/aromatic N) is 5. The number of rotatable bonds is 7. The number of ether oxygens (including phenoxy) is 1. The molecule has 2 aromatic carbocycles. The van der Waals surface area contributed by atoms with Crippen LogP contribution in [0.1, 0.15) is 75.3 Å². The third kappa shape index (κ3) is 7.76. The monoisotopic (exact) mass is 729 g/mol. The lowest BCUT2D eigenvalue weighted by Crippen LogP contribution is -2.25. The highest BCUT2D eigenvalue weighted by Gasteiger charge is 2.26. The van der Waals surface area contributed by atoms with E-state index in [0.717, 1.165) is 33.6 Å². The van der Waals surface area contributed by atoms with Crippen molar-refractivity contribution in [1.29, 1.82) is 0 Å². The molecule has 1 aliphatic carbocycles. The summed E-state index contributed by atoms with van der Waals surface area (Å²) in [6, 6.07) is 24.1. The van der Waals surface area contributed by atoms with Gasteiger partial charge in [0, 0.05) is 40.8 Å². The van der Waals surface area contributed by atoms with Gasteiger partial charge in [-0.1, -0.05) is 69.8 Å². The van der Waals surface area contributed by atoms with E-state index in [0.29, 0.717) is 40.1 Å². The Hall–Kier alpha value is -5.28. The van der Waals surface area contributed by atoms with Gasteiger partial charge in [0.15, 0.2) is 0 Å². The van der Waals surface area contributed by atoms with Gasteiger partial charge in [-0.3, -0.25) is 8.80 Å². The standard InChI is InChI=1S/C25H21ClN4O2.C18H27N3/c1-15-9-10-30-22(11-15)29-23(24(30)27-14-16-5-3-6-17(26)12-16)19-13-18-20(28-25(19)31)7-4-8-21(18)32-2;1-13-10-11-21-15(12-13)20-16(18(2,3)4)17(21)19-14-8-6-5-7-9-14/h3-13,27H,14H2,1-2H3,(H,28,31);10-12,14,19H,5-9H2,1-4H3. The summed E-state index contributed by atoms with van der Waals surface area (Å²) in [6.45, 7) is 11.4.